The smallest absolute Gasteiger partial charge is 0.262 e. The van der Waals surface area contributed by atoms with Crippen LogP contribution in [-0.2, 0) is 4.74 Å². The van der Waals surface area contributed by atoms with E-state index in [4.69, 9.17) is 4.74 Å². The Morgan fingerprint density at radius 1 is 1.29 bits per heavy atom. The van der Waals surface area contributed by atoms with E-state index in [1.54, 1.807) is 30.3 Å². The molecule has 0 N–H and O–H groups in total. The molecule has 3 rings (SSSR count). The summed E-state index contributed by atoms with van der Waals surface area (Å²) in [5.41, 5.74) is 0.926. The minimum Gasteiger partial charge on any atom is -0.371 e. The monoisotopic (exact) mass is 229 g/mol. The van der Waals surface area contributed by atoms with Crippen LogP contribution in [0.1, 0.15) is 20.7 Å². The SMILES string of the molecule is C=C[C@@H]([C@@H]1CO1)N1C(=O)c2ccccc2C1=O. The van der Waals surface area contributed by atoms with Gasteiger partial charge in [-0.2, -0.15) is 0 Å². The summed E-state index contributed by atoms with van der Waals surface area (Å²) in [7, 11) is 0. The average Bonchev–Trinajstić information content (AvgIpc) is 3.15. The molecule has 1 fully saturated rings. The van der Waals surface area contributed by atoms with Gasteiger partial charge >= 0.3 is 0 Å². The number of amides is 2. The lowest BCUT2D eigenvalue weighted by Gasteiger charge is -2.21. The molecular weight excluding hydrogens is 218 g/mol. The van der Waals surface area contributed by atoms with Crippen molar-refractivity contribution in [2.45, 2.75) is 12.1 Å². The summed E-state index contributed by atoms with van der Waals surface area (Å²) in [6, 6.07) is 6.49. The third kappa shape index (κ3) is 1.41. The van der Waals surface area contributed by atoms with Crippen LogP contribution in [0, 0.1) is 0 Å². The van der Waals surface area contributed by atoms with Crippen molar-refractivity contribution in [3.05, 3.63) is 48.0 Å². The molecule has 0 unspecified atom stereocenters. The Hall–Kier alpha value is -1.94. The first-order valence-electron chi connectivity index (χ1n) is 5.45. The van der Waals surface area contributed by atoms with E-state index in [0.717, 1.165) is 0 Å². The molecule has 0 aromatic heterocycles. The van der Waals surface area contributed by atoms with Crippen LogP contribution in [0.3, 0.4) is 0 Å². The van der Waals surface area contributed by atoms with E-state index < -0.39 is 0 Å². The molecule has 1 aromatic carbocycles. The van der Waals surface area contributed by atoms with Gasteiger partial charge in [0, 0.05) is 0 Å². The number of benzene rings is 1. The van der Waals surface area contributed by atoms with Crippen LogP contribution in [-0.4, -0.2) is 35.5 Å². The number of carbonyl (C=O) groups excluding carboxylic acids is 2. The predicted molar refractivity (Wildman–Crippen MR) is 60.7 cm³/mol. The average molecular weight is 229 g/mol. The number of carbonyl (C=O) groups is 2. The minimum absolute atomic E-state index is 0.0882. The summed E-state index contributed by atoms with van der Waals surface area (Å²) in [5.74, 6) is -0.517. The summed E-state index contributed by atoms with van der Waals surface area (Å²) in [6.45, 7) is 4.25. The number of hydrogen-bond acceptors (Lipinski definition) is 3. The third-order valence-electron chi connectivity index (χ3n) is 3.11. The molecule has 2 amide bonds. The van der Waals surface area contributed by atoms with Crippen LogP contribution < -0.4 is 0 Å². The molecule has 0 bridgehead atoms. The van der Waals surface area contributed by atoms with Crippen LogP contribution >= 0.6 is 0 Å². The summed E-state index contributed by atoms with van der Waals surface area (Å²) < 4.78 is 5.15. The zero-order valence-electron chi connectivity index (χ0n) is 9.13. The Labute approximate surface area is 98.5 Å². The molecule has 2 aliphatic heterocycles. The van der Waals surface area contributed by atoms with Gasteiger partial charge in [-0.25, -0.2) is 0 Å². The number of hydrogen-bond donors (Lipinski definition) is 0. The molecule has 1 aromatic rings. The van der Waals surface area contributed by atoms with Crippen LogP contribution in [0.2, 0.25) is 0 Å². The van der Waals surface area contributed by atoms with Gasteiger partial charge in [0.25, 0.3) is 11.8 Å². The van der Waals surface area contributed by atoms with Gasteiger partial charge in [0.1, 0.15) is 6.10 Å². The van der Waals surface area contributed by atoms with E-state index in [2.05, 4.69) is 6.58 Å². The fraction of sp³-hybridized carbons (Fsp3) is 0.231. The van der Waals surface area contributed by atoms with Gasteiger partial charge in [0.05, 0.1) is 23.8 Å². The Balaban J connectivity index is 2.02. The highest BCUT2D eigenvalue weighted by Gasteiger charge is 2.45. The third-order valence-corrected chi connectivity index (χ3v) is 3.11. The summed E-state index contributed by atoms with van der Waals surface area (Å²) >= 11 is 0. The minimum atomic E-state index is -0.359. The predicted octanol–water partition coefficient (Wildman–Crippen LogP) is 1.24. The number of imide groups is 1. The molecular formula is C13H11NO3. The van der Waals surface area contributed by atoms with Gasteiger partial charge in [0.15, 0.2) is 0 Å². The zero-order chi connectivity index (χ0) is 12.0. The summed E-state index contributed by atoms with van der Waals surface area (Å²) in [4.78, 5) is 25.5. The molecule has 2 aliphatic rings. The number of epoxide rings is 1. The Morgan fingerprint density at radius 2 is 1.82 bits per heavy atom. The fourth-order valence-corrected chi connectivity index (χ4v) is 2.15. The lowest BCUT2D eigenvalue weighted by atomic mass is 10.1. The van der Waals surface area contributed by atoms with Crippen molar-refractivity contribution in [2.24, 2.45) is 0 Å². The molecule has 86 valence electrons. The van der Waals surface area contributed by atoms with Crippen LogP contribution in [0.15, 0.2) is 36.9 Å². The first-order chi connectivity index (χ1) is 8.24. The quantitative estimate of drug-likeness (QED) is 0.445. The summed E-state index contributed by atoms with van der Waals surface area (Å²) in [5, 5.41) is 0. The number of rotatable bonds is 3. The normalized spacial score (nSPS) is 23.5. The van der Waals surface area contributed by atoms with Gasteiger partial charge in [-0.3, -0.25) is 14.5 Å². The number of ether oxygens (including phenoxy) is 1. The standard InChI is InChI=1S/C13H11NO3/c1-2-10(11-7-17-11)14-12(15)8-5-3-4-6-9(8)13(14)16/h2-6,10-11H,1,7H2/t10-,11-/m0/s1. The molecule has 0 radical (unpaired) electrons. The maximum Gasteiger partial charge on any atom is 0.262 e. The van der Waals surface area contributed by atoms with Gasteiger partial charge in [-0.15, -0.1) is 6.58 Å². The second-order valence-corrected chi connectivity index (χ2v) is 4.12. The zero-order valence-corrected chi connectivity index (χ0v) is 9.13. The highest BCUT2D eigenvalue weighted by Crippen LogP contribution is 2.29. The molecule has 1 saturated heterocycles. The van der Waals surface area contributed by atoms with Crippen molar-refractivity contribution in [3.63, 3.8) is 0 Å². The lowest BCUT2D eigenvalue weighted by molar-refractivity contribution is 0.0594. The summed E-state index contributed by atoms with van der Waals surface area (Å²) in [6.07, 6.45) is 1.51. The van der Waals surface area contributed by atoms with Crippen molar-refractivity contribution in [2.75, 3.05) is 6.61 Å². The molecule has 4 heteroatoms. The molecule has 0 aliphatic carbocycles. The fourth-order valence-electron chi connectivity index (χ4n) is 2.15. The van der Waals surface area contributed by atoms with Crippen LogP contribution in [0.25, 0.3) is 0 Å². The van der Waals surface area contributed by atoms with Crippen LogP contribution in [0.5, 0.6) is 0 Å². The first kappa shape index (κ1) is 10.2. The second-order valence-electron chi connectivity index (χ2n) is 4.12. The van der Waals surface area contributed by atoms with E-state index >= 15 is 0 Å². The van der Waals surface area contributed by atoms with Crippen molar-refractivity contribution in [3.8, 4) is 0 Å². The molecule has 17 heavy (non-hydrogen) atoms. The van der Waals surface area contributed by atoms with Crippen molar-refractivity contribution in [1.82, 2.24) is 4.90 Å². The van der Waals surface area contributed by atoms with E-state index in [1.807, 2.05) is 0 Å². The van der Waals surface area contributed by atoms with E-state index in [9.17, 15) is 9.59 Å². The second kappa shape index (κ2) is 3.53. The highest BCUT2D eigenvalue weighted by atomic mass is 16.6. The van der Waals surface area contributed by atoms with E-state index in [1.165, 1.54) is 4.90 Å². The molecule has 0 spiro atoms. The lowest BCUT2D eigenvalue weighted by Crippen LogP contribution is -2.41. The van der Waals surface area contributed by atoms with Crippen molar-refractivity contribution < 1.29 is 14.3 Å². The maximum absolute atomic E-state index is 12.1. The van der Waals surface area contributed by atoms with Gasteiger partial charge in [0.2, 0.25) is 0 Å². The van der Waals surface area contributed by atoms with Crippen molar-refractivity contribution >= 4 is 11.8 Å². The van der Waals surface area contributed by atoms with Crippen molar-refractivity contribution in [1.29, 1.82) is 0 Å². The number of fused-ring (bicyclic) bond motifs is 1. The van der Waals surface area contributed by atoms with Gasteiger partial charge in [-0.1, -0.05) is 18.2 Å². The topological polar surface area (TPSA) is 49.9 Å². The Kier molecular flexibility index (Phi) is 2.12. The van der Waals surface area contributed by atoms with Gasteiger partial charge in [-0.05, 0) is 12.1 Å². The Bertz CT molecular complexity index is 484. The number of nitrogens with zero attached hydrogens (tertiary/aromatic N) is 1. The largest absolute Gasteiger partial charge is 0.371 e. The molecule has 2 atom stereocenters. The van der Waals surface area contributed by atoms with Gasteiger partial charge < -0.3 is 4.74 Å². The van der Waals surface area contributed by atoms with E-state index in [-0.39, 0.29) is 24.0 Å². The maximum atomic E-state index is 12.1. The van der Waals surface area contributed by atoms with Crippen LogP contribution in [0.4, 0.5) is 0 Å². The van der Waals surface area contributed by atoms with E-state index in [0.29, 0.717) is 17.7 Å². The molecule has 4 nitrogen and oxygen atoms in total. The first-order valence-corrected chi connectivity index (χ1v) is 5.45. The Morgan fingerprint density at radius 3 is 2.24 bits per heavy atom. The highest BCUT2D eigenvalue weighted by molar-refractivity contribution is 6.21. The molecule has 0 saturated carbocycles. The molecule has 2 heterocycles.